The fourth-order valence-electron chi connectivity index (χ4n) is 5.01. The van der Waals surface area contributed by atoms with Gasteiger partial charge in [0.1, 0.15) is 0 Å². The van der Waals surface area contributed by atoms with Crippen molar-refractivity contribution in [1.29, 1.82) is 0 Å². The highest BCUT2D eigenvalue weighted by Gasteiger charge is 2.38. The van der Waals surface area contributed by atoms with Crippen molar-refractivity contribution in [3.8, 4) is 0 Å². The highest BCUT2D eigenvalue weighted by Crippen LogP contribution is 2.39. The van der Waals surface area contributed by atoms with Crippen molar-refractivity contribution in [3.05, 3.63) is 46.1 Å². The lowest BCUT2D eigenvalue weighted by Gasteiger charge is -2.49. The summed E-state index contributed by atoms with van der Waals surface area (Å²) in [4.78, 5) is 5.35. The number of allylic oxidation sites excluding steroid dienone is 1. The highest BCUT2D eigenvalue weighted by atomic mass is 35.5. The summed E-state index contributed by atoms with van der Waals surface area (Å²) in [6.07, 6.45) is 6.03. The Bertz CT molecular complexity index is 696. The summed E-state index contributed by atoms with van der Waals surface area (Å²) in [5.74, 6) is 0.909. The minimum Gasteiger partial charge on any atom is -0.388 e. The van der Waals surface area contributed by atoms with Crippen molar-refractivity contribution in [3.63, 3.8) is 0 Å². The van der Waals surface area contributed by atoms with Crippen LogP contribution in [0.2, 0.25) is 10.0 Å². The number of hydrogen-bond donors (Lipinski definition) is 1. The van der Waals surface area contributed by atoms with E-state index in [1.165, 1.54) is 44.6 Å². The molecule has 3 nitrogen and oxygen atoms in total. The van der Waals surface area contributed by atoms with E-state index in [0.29, 0.717) is 10.0 Å². The molecule has 1 aromatic rings. The van der Waals surface area contributed by atoms with Crippen LogP contribution < -0.4 is 5.32 Å². The second-order valence-electron chi connectivity index (χ2n) is 9.25. The van der Waals surface area contributed by atoms with E-state index in [2.05, 4.69) is 40.8 Å². The van der Waals surface area contributed by atoms with Crippen molar-refractivity contribution in [1.82, 2.24) is 15.1 Å². The summed E-state index contributed by atoms with van der Waals surface area (Å²) < 4.78 is 0. The number of benzene rings is 1. The Labute approximate surface area is 180 Å². The molecule has 3 saturated heterocycles. The predicted octanol–water partition coefficient (Wildman–Crippen LogP) is 4.93. The Hall–Kier alpha value is -0.740. The molecular formula is C23H33Cl2N3. The fraction of sp³-hybridized carbons (Fsp3) is 0.652. The van der Waals surface area contributed by atoms with Crippen LogP contribution in [-0.4, -0.2) is 55.1 Å². The van der Waals surface area contributed by atoms with Gasteiger partial charge in [0, 0.05) is 36.8 Å². The Morgan fingerprint density at radius 3 is 2.57 bits per heavy atom. The second-order valence-corrected chi connectivity index (χ2v) is 10.1. The van der Waals surface area contributed by atoms with Crippen molar-refractivity contribution in [2.24, 2.45) is 5.92 Å². The largest absolute Gasteiger partial charge is 0.388 e. The first-order valence-corrected chi connectivity index (χ1v) is 11.5. The van der Waals surface area contributed by atoms with E-state index in [4.69, 9.17) is 23.2 Å². The SMILES string of the molecule is C=C1CCC(CCN2CC(N3CCC(C)CC3)C2)(c2ccc(Cl)c(Cl)c2)CN1. The first-order valence-electron chi connectivity index (χ1n) is 10.8. The molecule has 3 aliphatic heterocycles. The molecule has 1 unspecified atom stereocenters. The predicted molar refractivity (Wildman–Crippen MR) is 119 cm³/mol. The molecule has 3 heterocycles. The Morgan fingerprint density at radius 2 is 1.93 bits per heavy atom. The van der Waals surface area contributed by atoms with E-state index >= 15 is 0 Å². The molecule has 0 aromatic heterocycles. The van der Waals surface area contributed by atoms with Crippen molar-refractivity contribution in [2.45, 2.75) is 50.5 Å². The summed E-state index contributed by atoms with van der Waals surface area (Å²) >= 11 is 12.5. The fourth-order valence-corrected chi connectivity index (χ4v) is 5.31. The maximum Gasteiger partial charge on any atom is 0.0595 e. The summed E-state index contributed by atoms with van der Waals surface area (Å²) in [6, 6.07) is 6.96. The molecule has 1 atom stereocenters. The van der Waals surface area contributed by atoms with Gasteiger partial charge in [0.15, 0.2) is 0 Å². The normalized spacial score (nSPS) is 28.2. The molecule has 28 heavy (non-hydrogen) atoms. The van der Waals surface area contributed by atoms with Gasteiger partial charge in [-0.25, -0.2) is 0 Å². The van der Waals surface area contributed by atoms with Gasteiger partial charge in [-0.2, -0.15) is 0 Å². The number of nitrogens with one attached hydrogen (secondary N) is 1. The Morgan fingerprint density at radius 1 is 1.18 bits per heavy atom. The van der Waals surface area contributed by atoms with Gasteiger partial charge in [-0.05, 0) is 75.4 Å². The quantitative estimate of drug-likeness (QED) is 0.726. The van der Waals surface area contributed by atoms with Crippen LogP contribution in [0.15, 0.2) is 30.5 Å². The van der Waals surface area contributed by atoms with Crippen LogP contribution in [0.3, 0.4) is 0 Å². The lowest BCUT2D eigenvalue weighted by Crippen LogP contribution is -2.61. The molecule has 0 saturated carbocycles. The van der Waals surface area contributed by atoms with Crippen LogP contribution in [0.5, 0.6) is 0 Å². The average Bonchev–Trinajstić information content (AvgIpc) is 2.66. The summed E-state index contributed by atoms with van der Waals surface area (Å²) in [5.41, 5.74) is 2.57. The lowest BCUT2D eigenvalue weighted by atomic mass is 9.71. The molecule has 154 valence electrons. The van der Waals surface area contributed by atoms with Gasteiger partial charge in [-0.15, -0.1) is 0 Å². The maximum atomic E-state index is 6.35. The summed E-state index contributed by atoms with van der Waals surface area (Å²) in [6.45, 7) is 13.6. The molecule has 1 aromatic carbocycles. The summed E-state index contributed by atoms with van der Waals surface area (Å²) in [5, 5.41) is 4.83. The van der Waals surface area contributed by atoms with E-state index in [1.54, 1.807) is 0 Å². The second kappa shape index (κ2) is 8.55. The zero-order valence-corrected chi connectivity index (χ0v) is 18.5. The molecular weight excluding hydrogens is 389 g/mol. The topological polar surface area (TPSA) is 18.5 Å². The van der Waals surface area contributed by atoms with Gasteiger partial charge in [0.2, 0.25) is 0 Å². The zero-order valence-electron chi connectivity index (χ0n) is 17.0. The standard InChI is InChI=1S/C23H33Cl2N3/c1-17-6-10-28(11-7-17)20-14-27(15-20)12-9-23(8-5-18(2)26-16-23)19-3-4-21(24)22(25)13-19/h3-4,13,17,20,26H,2,5-12,14-16H2,1H3. The minimum absolute atomic E-state index is 0.112. The van der Waals surface area contributed by atoms with Crippen LogP contribution in [0.4, 0.5) is 0 Å². The number of rotatable bonds is 5. The molecule has 5 heteroatoms. The van der Waals surface area contributed by atoms with E-state index in [-0.39, 0.29) is 5.41 Å². The van der Waals surface area contributed by atoms with E-state index < -0.39 is 0 Å². The molecule has 0 radical (unpaired) electrons. The highest BCUT2D eigenvalue weighted by molar-refractivity contribution is 6.42. The molecule has 3 aliphatic rings. The number of hydrogen-bond acceptors (Lipinski definition) is 3. The maximum absolute atomic E-state index is 6.35. The van der Waals surface area contributed by atoms with Gasteiger partial charge in [-0.3, -0.25) is 4.90 Å². The van der Waals surface area contributed by atoms with E-state index in [0.717, 1.165) is 50.0 Å². The average molecular weight is 422 g/mol. The van der Waals surface area contributed by atoms with Gasteiger partial charge in [0.05, 0.1) is 10.0 Å². The molecule has 0 amide bonds. The van der Waals surface area contributed by atoms with Crippen LogP contribution in [-0.2, 0) is 5.41 Å². The van der Waals surface area contributed by atoms with Gasteiger partial charge < -0.3 is 10.2 Å². The molecule has 0 aliphatic carbocycles. The molecule has 1 N–H and O–H groups in total. The lowest BCUT2D eigenvalue weighted by molar-refractivity contribution is 0.0116. The van der Waals surface area contributed by atoms with E-state index in [1.807, 2.05) is 6.07 Å². The number of piperidine rings is 2. The Balaban J connectivity index is 1.36. The molecule has 0 bridgehead atoms. The van der Waals surface area contributed by atoms with Crippen molar-refractivity contribution < 1.29 is 0 Å². The first-order chi connectivity index (χ1) is 13.4. The molecule has 0 spiro atoms. The molecule has 3 fully saturated rings. The van der Waals surface area contributed by atoms with Crippen LogP contribution in [0.25, 0.3) is 0 Å². The van der Waals surface area contributed by atoms with Gasteiger partial charge in [0.25, 0.3) is 0 Å². The third-order valence-electron chi connectivity index (χ3n) is 7.29. The number of halogens is 2. The number of nitrogens with zero attached hydrogens (tertiary/aromatic N) is 2. The molecule has 4 rings (SSSR count). The van der Waals surface area contributed by atoms with Crippen molar-refractivity contribution in [2.75, 3.05) is 39.3 Å². The third-order valence-corrected chi connectivity index (χ3v) is 8.03. The van der Waals surface area contributed by atoms with Crippen LogP contribution in [0.1, 0.15) is 44.6 Å². The Kier molecular flexibility index (Phi) is 6.27. The van der Waals surface area contributed by atoms with Gasteiger partial charge in [-0.1, -0.05) is 42.8 Å². The smallest absolute Gasteiger partial charge is 0.0595 e. The first kappa shape index (κ1) is 20.5. The number of likely N-dealkylation sites (tertiary alicyclic amines) is 2. The van der Waals surface area contributed by atoms with Crippen LogP contribution >= 0.6 is 23.2 Å². The minimum atomic E-state index is 0.112. The van der Waals surface area contributed by atoms with E-state index in [9.17, 15) is 0 Å². The van der Waals surface area contributed by atoms with Crippen LogP contribution in [0, 0.1) is 5.92 Å². The van der Waals surface area contributed by atoms with Crippen molar-refractivity contribution >= 4 is 23.2 Å². The van der Waals surface area contributed by atoms with Gasteiger partial charge >= 0.3 is 0 Å². The summed E-state index contributed by atoms with van der Waals surface area (Å²) in [7, 11) is 0. The third kappa shape index (κ3) is 4.38. The monoisotopic (exact) mass is 421 g/mol. The zero-order chi connectivity index (χ0) is 19.7.